The summed E-state index contributed by atoms with van der Waals surface area (Å²) in [5, 5.41) is 2.74. The Balaban J connectivity index is 1.47. The lowest BCUT2D eigenvalue weighted by atomic mass is 10.0. The molecule has 2 aromatic rings. The van der Waals surface area contributed by atoms with Crippen molar-refractivity contribution in [2.45, 2.75) is 24.9 Å². The number of nitrogens with one attached hydrogen (secondary N) is 1. The Morgan fingerprint density at radius 2 is 1.92 bits per heavy atom. The van der Waals surface area contributed by atoms with E-state index >= 15 is 0 Å². The second-order valence-corrected chi connectivity index (χ2v) is 6.34. The van der Waals surface area contributed by atoms with E-state index in [2.05, 4.69) is 5.32 Å². The molecule has 0 bridgehead atoms. The third-order valence-electron chi connectivity index (χ3n) is 4.55. The van der Waals surface area contributed by atoms with Crippen molar-refractivity contribution < 1.29 is 14.3 Å². The van der Waals surface area contributed by atoms with Gasteiger partial charge in [-0.15, -0.1) is 0 Å². The number of rotatable bonds is 7. The molecule has 136 valence electrons. The van der Waals surface area contributed by atoms with Gasteiger partial charge in [-0.25, -0.2) is 0 Å². The first-order chi connectivity index (χ1) is 12.6. The van der Waals surface area contributed by atoms with Crippen molar-refractivity contribution in [2.75, 3.05) is 18.6 Å². The van der Waals surface area contributed by atoms with Gasteiger partial charge < -0.3 is 20.7 Å². The number of ether oxygens (including phenoxy) is 1. The van der Waals surface area contributed by atoms with Crippen LogP contribution in [0, 0.1) is 0 Å². The van der Waals surface area contributed by atoms with Crippen LogP contribution in [0.1, 0.15) is 12.0 Å². The maximum Gasteiger partial charge on any atom is 0.251 e. The van der Waals surface area contributed by atoms with Crippen molar-refractivity contribution in [1.29, 1.82) is 0 Å². The molecule has 1 aliphatic rings. The van der Waals surface area contributed by atoms with Crippen LogP contribution in [0.2, 0.25) is 0 Å². The van der Waals surface area contributed by atoms with Crippen molar-refractivity contribution >= 4 is 17.5 Å². The van der Waals surface area contributed by atoms with Crippen LogP contribution >= 0.6 is 0 Å². The number of carbonyl (C=O) groups is 2. The first kappa shape index (κ1) is 17.9. The zero-order valence-electron chi connectivity index (χ0n) is 14.7. The van der Waals surface area contributed by atoms with Gasteiger partial charge in [-0.2, -0.15) is 0 Å². The van der Waals surface area contributed by atoms with Gasteiger partial charge in [0.25, 0.3) is 5.91 Å². The SMILES string of the molecule is COc1ccc(N2C[C@@H](NC(=O)[C@@H](N)CCc3ccccc3)C2=O)cc1. The first-order valence-corrected chi connectivity index (χ1v) is 8.64. The molecule has 1 saturated heterocycles. The highest BCUT2D eigenvalue weighted by molar-refractivity contribution is 6.06. The lowest BCUT2D eigenvalue weighted by Gasteiger charge is -2.39. The molecule has 0 unspecified atom stereocenters. The molecule has 2 amide bonds. The van der Waals surface area contributed by atoms with Gasteiger partial charge >= 0.3 is 0 Å². The topological polar surface area (TPSA) is 84.7 Å². The summed E-state index contributed by atoms with van der Waals surface area (Å²) in [6.45, 7) is 0.447. The average Bonchev–Trinajstić information content (AvgIpc) is 2.69. The minimum Gasteiger partial charge on any atom is -0.497 e. The van der Waals surface area contributed by atoms with E-state index in [1.165, 1.54) is 0 Å². The van der Waals surface area contributed by atoms with Gasteiger partial charge in [-0.05, 0) is 42.7 Å². The molecule has 0 aliphatic carbocycles. The summed E-state index contributed by atoms with van der Waals surface area (Å²) in [6, 6.07) is 16.0. The fourth-order valence-electron chi connectivity index (χ4n) is 2.91. The van der Waals surface area contributed by atoms with Crippen LogP contribution < -0.4 is 20.7 Å². The van der Waals surface area contributed by atoms with Crippen molar-refractivity contribution in [1.82, 2.24) is 5.32 Å². The summed E-state index contributed by atoms with van der Waals surface area (Å²) >= 11 is 0. The maximum absolute atomic E-state index is 12.3. The van der Waals surface area contributed by atoms with Crippen LogP contribution in [0.15, 0.2) is 54.6 Å². The molecule has 1 aliphatic heterocycles. The minimum atomic E-state index is -0.627. The second-order valence-electron chi connectivity index (χ2n) is 6.34. The Labute approximate surface area is 152 Å². The highest BCUT2D eigenvalue weighted by Crippen LogP contribution is 2.24. The monoisotopic (exact) mass is 353 g/mol. The van der Waals surface area contributed by atoms with Crippen LogP contribution in [0.3, 0.4) is 0 Å². The van der Waals surface area contributed by atoms with Gasteiger partial charge in [0, 0.05) is 5.69 Å². The highest BCUT2D eigenvalue weighted by Gasteiger charge is 2.39. The third kappa shape index (κ3) is 4.03. The number of β-lactam (4-membered cyclic amide) rings is 1. The normalized spacial score (nSPS) is 17.4. The number of hydrogen-bond donors (Lipinski definition) is 2. The summed E-state index contributed by atoms with van der Waals surface area (Å²) in [5.74, 6) is 0.323. The molecule has 0 spiro atoms. The van der Waals surface area contributed by atoms with E-state index in [9.17, 15) is 9.59 Å². The number of hydrogen-bond acceptors (Lipinski definition) is 4. The van der Waals surface area contributed by atoms with Crippen LogP contribution in [0.4, 0.5) is 5.69 Å². The summed E-state index contributed by atoms with van der Waals surface area (Å²) in [6.07, 6.45) is 1.27. The Bertz CT molecular complexity index is 762. The Hall–Kier alpha value is -2.86. The fraction of sp³-hybridized carbons (Fsp3) is 0.300. The van der Waals surface area contributed by atoms with Crippen LogP contribution in [-0.2, 0) is 16.0 Å². The van der Waals surface area contributed by atoms with E-state index in [0.717, 1.165) is 23.4 Å². The van der Waals surface area contributed by atoms with Gasteiger partial charge in [0.2, 0.25) is 5.91 Å². The molecule has 1 fully saturated rings. The molecular weight excluding hydrogens is 330 g/mol. The third-order valence-corrected chi connectivity index (χ3v) is 4.55. The standard InChI is InChI=1S/C20H23N3O3/c1-26-16-10-8-15(9-11-16)23-13-18(20(23)25)22-19(24)17(21)12-7-14-5-3-2-4-6-14/h2-6,8-11,17-18H,7,12-13,21H2,1H3,(H,22,24)/t17-,18+/m0/s1. The van der Waals surface area contributed by atoms with Crippen molar-refractivity contribution in [3.8, 4) is 5.75 Å². The van der Waals surface area contributed by atoms with E-state index in [0.29, 0.717) is 13.0 Å². The molecule has 6 heteroatoms. The van der Waals surface area contributed by atoms with E-state index < -0.39 is 12.1 Å². The molecule has 0 radical (unpaired) electrons. The molecule has 3 rings (SSSR count). The van der Waals surface area contributed by atoms with E-state index in [4.69, 9.17) is 10.5 Å². The Morgan fingerprint density at radius 1 is 1.23 bits per heavy atom. The number of methoxy groups -OCH3 is 1. The van der Waals surface area contributed by atoms with Gasteiger partial charge in [0.05, 0.1) is 19.7 Å². The molecule has 26 heavy (non-hydrogen) atoms. The van der Waals surface area contributed by atoms with E-state index in [1.54, 1.807) is 24.1 Å². The predicted molar refractivity (Wildman–Crippen MR) is 100 cm³/mol. The Kier molecular flexibility index (Phi) is 5.53. The minimum absolute atomic E-state index is 0.126. The lowest BCUT2D eigenvalue weighted by Crippen LogP contribution is -2.65. The van der Waals surface area contributed by atoms with Gasteiger partial charge in [-0.1, -0.05) is 30.3 Å². The van der Waals surface area contributed by atoms with Crippen molar-refractivity contribution in [3.05, 3.63) is 60.2 Å². The number of amides is 2. The predicted octanol–water partition coefficient (Wildman–Crippen LogP) is 1.49. The van der Waals surface area contributed by atoms with Crippen molar-refractivity contribution in [3.63, 3.8) is 0 Å². The molecular formula is C20H23N3O3. The number of aryl methyl sites for hydroxylation is 1. The summed E-state index contributed by atoms with van der Waals surface area (Å²) in [5.41, 5.74) is 7.89. The fourth-order valence-corrected chi connectivity index (χ4v) is 2.91. The molecule has 0 aromatic heterocycles. The van der Waals surface area contributed by atoms with Gasteiger partial charge in [0.1, 0.15) is 11.8 Å². The van der Waals surface area contributed by atoms with Gasteiger partial charge in [0.15, 0.2) is 0 Å². The second kappa shape index (κ2) is 8.01. The first-order valence-electron chi connectivity index (χ1n) is 8.64. The summed E-state index contributed by atoms with van der Waals surface area (Å²) in [7, 11) is 1.59. The van der Waals surface area contributed by atoms with E-state index in [-0.39, 0.29) is 11.8 Å². The molecule has 1 heterocycles. The van der Waals surface area contributed by atoms with Gasteiger partial charge in [-0.3, -0.25) is 9.59 Å². The van der Waals surface area contributed by atoms with E-state index in [1.807, 2.05) is 42.5 Å². The van der Waals surface area contributed by atoms with Crippen LogP contribution in [-0.4, -0.2) is 37.6 Å². The summed E-state index contributed by atoms with van der Waals surface area (Å²) < 4.78 is 5.11. The number of nitrogens with two attached hydrogens (primary N) is 1. The molecule has 2 aromatic carbocycles. The average molecular weight is 353 g/mol. The number of nitrogens with zero attached hydrogens (tertiary/aromatic N) is 1. The Morgan fingerprint density at radius 3 is 2.54 bits per heavy atom. The summed E-state index contributed by atoms with van der Waals surface area (Å²) in [4.78, 5) is 26.1. The molecule has 2 atom stereocenters. The number of anilines is 1. The number of benzene rings is 2. The van der Waals surface area contributed by atoms with Crippen LogP contribution in [0.5, 0.6) is 5.75 Å². The highest BCUT2D eigenvalue weighted by atomic mass is 16.5. The zero-order chi connectivity index (χ0) is 18.5. The number of carbonyl (C=O) groups excluding carboxylic acids is 2. The van der Waals surface area contributed by atoms with Crippen LogP contribution in [0.25, 0.3) is 0 Å². The molecule has 0 saturated carbocycles. The molecule has 3 N–H and O–H groups in total. The quantitative estimate of drug-likeness (QED) is 0.739. The molecule has 6 nitrogen and oxygen atoms in total. The largest absolute Gasteiger partial charge is 0.497 e. The zero-order valence-corrected chi connectivity index (χ0v) is 14.7. The van der Waals surface area contributed by atoms with Crippen molar-refractivity contribution in [2.24, 2.45) is 5.73 Å². The smallest absolute Gasteiger partial charge is 0.251 e. The maximum atomic E-state index is 12.3. The lowest BCUT2D eigenvalue weighted by molar-refractivity contribution is -0.131.